The van der Waals surface area contributed by atoms with Gasteiger partial charge in [0.2, 0.25) is 0 Å². The van der Waals surface area contributed by atoms with Crippen LogP contribution in [0.3, 0.4) is 0 Å². The largest absolute Gasteiger partial charge is 0.491 e. The number of anilines is 1. The molecule has 0 saturated carbocycles. The number of hydrogen-bond donors (Lipinski definition) is 1. The number of ether oxygens (including phenoxy) is 1. The van der Waals surface area contributed by atoms with E-state index in [0.717, 1.165) is 15.4 Å². The maximum absolute atomic E-state index is 13.9. The summed E-state index contributed by atoms with van der Waals surface area (Å²) in [5.74, 6) is -0.596. The predicted molar refractivity (Wildman–Crippen MR) is 94.2 cm³/mol. The van der Waals surface area contributed by atoms with Crippen LogP contribution in [-0.2, 0) is 0 Å². The fourth-order valence-corrected chi connectivity index (χ4v) is 2.81. The molecule has 3 rings (SSSR count). The average Bonchev–Trinajstić information content (AvgIpc) is 2.87. The van der Waals surface area contributed by atoms with Gasteiger partial charge in [0, 0.05) is 27.2 Å². The molecule has 1 amide bonds. The van der Waals surface area contributed by atoms with Crippen molar-refractivity contribution in [2.24, 2.45) is 0 Å². The summed E-state index contributed by atoms with van der Waals surface area (Å²) in [6, 6.07) is 9.81. The van der Waals surface area contributed by atoms with Crippen LogP contribution in [0.2, 0.25) is 0 Å². The van der Waals surface area contributed by atoms with Crippen LogP contribution in [0.25, 0.3) is 11.0 Å². The number of carbonyl (C=O) groups is 1. The molecule has 6 heteroatoms. The van der Waals surface area contributed by atoms with Crippen LogP contribution < -0.4 is 10.1 Å². The second kappa shape index (κ2) is 6.65. The Morgan fingerprint density at radius 3 is 2.79 bits per heavy atom. The summed E-state index contributed by atoms with van der Waals surface area (Å²) in [6.07, 6.45) is 0. The van der Waals surface area contributed by atoms with E-state index in [2.05, 4.69) is 21.2 Å². The van der Waals surface area contributed by atoms with Crippen LogP contribution in [0, 0.1) is 12.7 Å². The zero-order valence-corrected chi connectivity index (χ0v) is 14.7. The van der Waals surface area contributed by atoms with Crippen LogP contribution in [-0.4, -0.2) is 12.5 Å². The van der Waals surface area contributed by atoms with E-state index in [1.54, 1.807) is 19.1 Å². The first-order chi connectivity index (χ1) is 11.5. The molecular formula is C18H15BrFNO3. The fourth-order valence-electron chi connectivity index (χ4n) is 2.45. The number of fused-ring (bicyclic) bond motifs is 1. The van der Waals surface area contributed by atoms with E-state index in [-0.39, 0.29) is 11.5 Å². The molecule has 1 heterocycles. The van der Waals surface area contributed by atoms with E-state index in [9.17, 15) is 9.18 Å². The molecule has 0 radical (unpaired) electrons. The van der Waals surface area contributed by atoms with E-state index in [1.165, 1.54) is 12.1 Å². The number of benzene rings is 2. The van der Waals surface area contributed by atoms with Gasteiger partial charge in [-0.2, -0.15) is 0 Å². The van der Waals surface area contributed by atoms with Gasteiger partial charge in [-0.15, -0.1) is 0 Å². The minimum atomic E-state index is -0.528. The normalized spacial score (nSPS) is 10.8. The Bertz CT molecular complexity index is 920. The SMILES string of the molecule is CCOc1ccc(NC(=O)c2oc3ccc(Br)cc3c2C)cc1F. The predicted octanol–water partition coefficient (Wildman–Crippen LogP) is 5.29. The lowest BCUT2D eigenvalue weighted by molar-refractivity contribution is 0.0998. The molecule has 24 heavy (non-hydrogen) atoms. The molecule has 0 aliphatic carbocycles. The highest BCUT2D eigenvalue weighted by molar-refractivity contribution is 9.10. The van der Waals surface area contributed by atoms with E-state index >= 15 is 0 Å². The van der Waals surface area contributed by atoms with Crippen LogP contribution in [0.1, 0.15) is 23.0 Å². The van der Waals surface area contributed by atoms with Gasteiger partial charge in [0.1, 0.15) is 5.58 Å². The van der Waals surface area contributed by atoms with E-state index in [4.69, 9.17) is 9.15 Å². The number of aryl methyl sites for hydroxylation is 1. The van der Waals surface area contributed by atoms with Gasteiger partial charge in [-0.1, -0.05) is 15.9 Å². The standard InChI is InChI=1S/C18H15BrFNO3/c1-3-23-16-7-5-12(9-14(16)20)21-18(22)17-10(2)13-8-11(19)4-6-15(13)24-17/h4-9H,3H2,1-2H3,(H,21,22). The first kappa shape index (κ1) is 16.5. The quantitative estimate of drug-likeness (QED) is 0.656. The average molecular weight is 392 g/mol. The van der Waals surface area contributed by atoms with Crippen molar-refractivity contribution >= 4 is 38.5 Å². The number of hydrogen-bond acceptors (Lipinski definition) is 3. The molecule has 3 aromatic rings. The van der Waals surface area contributed by atoms with Gasteiger partial charge in [0.15, 0.2) is 17.3 Å². The third kappa shape index (κ3) is 3.14. The van der Waals surface area contributed by atoms with Crippen molar-refractivity contribution in [3.8, 4) is 5.75 Å². The summed E-state index contributed by atoms with van der Waals surface area (Å²) in [7, 11) is 0. The van der Waals surface area contributed by atoms with Crippen molar-refractivity contribution in [2.75, 3.05) is 11.9 Å². The summed E-state index contributed by atoms with van der Waals surface area (Å²) in [5.41, 5.74) is 1.69. The van der Waals surface area contributed by atoms with E-state index in [0.29, 0.717) is 17.9 Å². The third-order valence-corrected chi connectivity index (χ3v) is 4.09. The highest BCUT2D eigenvalue weighted by Gasteiger charge is 2.18. The molecule has 1 N–H and O–H groups in total. The molecule has 0 aliphatic rings. The van der Waals surface area contributed by atoms with Crippen LogP contribution in [0.4, 0.5) is 10.1 Å². The molecule has 4 nitrogen and oxygen atoms in total. The Morgan fingerprint density at radius 2 is 2.08 bits per heavy atom. The Kier molecular flexibility index (Phi) is 4.57. The van der Waals surface area contributed by atoms with Gasteiger partial charge in [0.25, 0.3) is 5.91 Å². The number of furan rings is 1. The van der Waals surface area contributed by atoms with Crippen molar-refractivity contribution in [2.45, 2.75) is 13.8 Å². The van der Waals surface area contributed by atoms with Crippen LogP contribution >= 0.6 is 15.9 Å². The molecule has 0 fully saturated rings. The molecule has 0 aliphatic heterocycles. The van der Waals surface area contributed by atoms with Crippen molar-refractivity contribution in [1.82, 2.24) is 0 Å². The van der Waals surface area contributed by atoms with Gasteiger partial charge < -0.3 is 14.5 Å². The lowest BCUT2D eigenvalue weighted by atomic mass is 10.1. The Balaban J connectivity index is 1.87. The number of nitrogens with one attached hydrogen (secondary N) is 1. The fraction of sp³-hybridized carbons (Fsp3) is 0.167. The van der Waals surface area contributed by atoms with Gasteiger partial charge in [-0.25, -0.2) is 4.39 Å². The lowest BCUT2D eigenvalue weighted by Crippen LogP contribution is -2.12. The number of carbonyl (C=O) groups excluding carboxylic acids is 1. The zero-order valence-electron chi connectivity index (χ0n) is 13.2. The van der Waals surface area contributed by atoms with Crippen molar-refractivity contribution in [3.05, 3.63) is 58.0 Å². The van der Waals surface area contributed by atoms with Crippen molar-refractivity contribution < 1.29 is 18.3 Å². The molecule has 2 aromatic carbocycles. The van der Waals surface area contributed by atoms with Crippen LogP contribution in [0.5, 0.6) is 5.75 Å². The minimum Gasteiger partial charge on any atom is -0.491 e. The summed E-state index contributed by atoms with van der Waals surface area (Å²) in [6.45, 7) is 3.96. The smallest absolute Gasteiger partial charge is 0.291 e. The second-order valence-electron chi connectivity index (χ2n) is 5.23. The maximum atomic E-state index is 13.9. The number of amides is 1. The third-order valence-electron chi connectivity index (χ3n) is 3.59. The van der Waals surface area contributed by atoms with Crippen molar-refractivity contribution in [3.63, 3.8) is 0 Å². The Morgan fingerprint density at radius 1 is 1.29 bits per heavy atom. The summed E-state index contributed by atoms with van der Waals surface area (Å²) in [5, 5.41) is 3.50. The molecule has 0 atom stereocenters. The Labute approximate surface area is 146 Å². The highest BCUT2D eigenvalue weighted by Crippen LogP contribution is 2.29. The number of halogens is 2. The maximum Gasteiger partial charge on any atom is 0.291 e. The lowest BCUT2D eigenvalue weighted by Gasteiger charge is -2.07. The molecule has 1 aromatic heterocycles. The monoisotopic (exact) mass is 391 g/mol. The first-order valence-corrected chi connectivity index (χ1v) is 8.21. The molecular weight excluding hydrogens is 377 g/mol. The zero-order chi connectivity index (χ0) is 17.3. The van der Waals surface area contributed by atoms with E-state index < -0.39 is 11.7 Å². The summed E-state index contributed by atoms with van der Waals surface area (Å²) < 4.78 is 25.5. The molecule has 124 valence electrons. The minimum absolute atomic E-state index is 0.153. The van der Waals surface area contributed by atoms with Crippen LogP contribution in [0.15, 0.2) is 45.3 Å². The van der Waals surface area contributed by atoms with Gasteiger partial charge in [-0.3, -0.25) is 4.79 Å². The molecule has 0 saturated heterocycles. The molecule has 0 unspecified atom stereocenters. The van der Waals surface area contributed by atoms with Gasteiger partial charge >= 0.3 is 0 Å². The summed E-state index contributed by atoms with van der Waals surface area (Å²) >= 11 is 3.40. The topological polar surface area (TPSA) is 51.5 Å². The second-order valence-corrected chi connectivity index (χ2v) is 6.14. The van der Waals surface area contributed by atoms with Gasteiger partial charge in [-0.05, 0) is 44.2 Å². The number of rotatable bonds is 4. The Hall–Kier alpha value is -2.34. The van der Waals surface area contributed by atoms with Crippen molar-refractivity contribution in [1.29, 1.82) is 0 Å². The summed E-state index contributed by atoms with van der Waals surface area (Å²) in [4.78, 5) is 12.4. The highest BCUT2D eigenvalue weighted by atomic mass is 79.9. The molecule has 0 spiro atoms. The first-order valence-electron chi connectivity index (χ1n) is 7.42. The van der Waals surface area contributed by atoms with Gasteiger partial charge in [0.05, 0.1) is 6.61 Å². The van der Waals surface area contributed by atoms with E-state index in [1.807, 2.05) is 19.1 Å². The molecule has 0 bridgehead atoms.